The number of carbonyl (C=O) groups is 1. The van der Waals surface area contributed by atoms with E-state index >= 15 is 0 Å². The molecule has 0 atom stereocenters. The minimum atomic E-state index is -0.326. The number of fused-ring (bicyclic) bond motifs is 1. The number of nitrogens with zero attached hydrogens (tertiary/aromatic N) is 1. The second-order valence-electron chi connectivity index (χ2n) is 8.76. The molecule has 1 amide bonds. The van der Waals surface area contributed by atoms with Crippen molar-refractivity contribution in [3.05, 3.63) is 58.2 Å². The zero-order chi connectivity index (χ0) is 20.6. The number of carbonyl (C=O) groups excluding carboxylic acids is 1. The van der Waals surface area contributed by atoms with Crippen LogP contribution in [0.2, 0.25) is 0 Å². The van der Waals surface area contributed by atoms with Gasteiger partial charge in [-0.2, -0.15) is 0 Å². The third-order valence-corrected chi connectivity index (χ3v) is 4.70. The van der Waals surface area contributed by atoms with Gasteiger partial charge in [-0.15, -0.1) is 0 Å². The van der Waals surface area contributed by atoms with Gasteiger partial charge in [0.05, 0.1) is 5.56 Å². The topological polar surface area (TPSA) is 66.3 Å². The first-order chi connectivity index (χ1) is 13.1. The highest BCUT2D eigenvalue weighted by molar-refractivity contribution is 6.08. The summed E-state index contributed by atoms with van der Waals surface area (Å²) in [6.07, 6.45) is 1.61. The number of rotatable bonds is 4. The molecule has 0 aliphatic heterocycles. The second-order valence-corrected chi connectivity index (χ2v) is 8.76. The van der Waals surface area contributed by atoms with Gasteiger partial charge >= 0.3 is 0 Å². The molecule has 0 bridgehead atoms. The molecule has 5 heteroatoms. The number of hydrogen-bond acceptors (Lipinski definition) is 3. The Bertz CT molecular complexity index is 1070. The molecule has 28 heavy (non-hydrogen) atoms. The van der Waals surface area contributed by atoms with Crippen LogP contribution >= 0.6 is 0 Å². The zero-order valence-electron chi connectivity index (χ0n) is 17.4. The molecule has 0 aliphatic rings. The van der Waals surface area contributed by atoms with Crippen molar-refractivity contribution >= 4 is 16.9 Å². The van der Waals surface area contributed by atoms with Gasteiger partial charge in [-0.3, -0.25) is 9.59 Å². The summed E-state index contributed by atoms with van der Waals surface area (Å²) in [4.78, 5) is 30.0. The molecule has 1 N–H and O–H groups in total. The van der Waals surface area contributed by atoms with Crippen LogP contribution in [0.3, 0.4) is 0 Å². The molecule has 0 radical (unpaired) electrons. The lowest BCUT2D eigenvalue weighted by molar-refractivity contribution is 0.0776. The summed E-state index contributed by atoms with van der Waals surface area (Å²) in [6, 6.07) is 9.14. The van der Waals surface area contributed by atoms with Crippen LogP contribution < -0.4 is 5.56 Å². The summed E-state index contributed by atoms with van der Waals surface area (Å²) in [6.45, 7) is 10.9. The first-order valence-corrected chi connectivity index (χ1v) is 9.60. The van der Waals surface area contributed by atoms with Gasteiger partial charge in [0.1, 0.15) is 11.3 Å². The largest absolute Gasteiger partial charge is 0.460 e. The molecule has 0 saturated heterocycles. The number of amides is 1. The summed E-state index contributed by atoms with van der Waals surface area (Å²) >= 11 is 0. The van der Waals surface area contributed by atoms with Crippen LogP contribution in [0, 0.1) is 5.92 Å². The van der Waals surface area contributed by atoms with Crippen LogP contribution in [0.15, 0.2) is 45.7 Å². The molecule has 0 saturated carbocycles. The number of aromatic nitrogens is 1. The van der Waals surface area contributed by atoms with Gasteiger partial charge in [0.15, 0.2) is 0 Å². The fraction of sp³-hybridized carbons (Fsp3) is 0.391. The first-order valence-electron chi connectivity index (χ1n) is 9.60. The molecule has 0 unspecified atom stereocenters. The predicted molar refractivity (Wildman–Crippen MR) is 113 cm³/mol. The van der Waals surface area contributed by atoms with Crippen molar-refractivity contribution in [1.82, 2.24) is 9.88 Å². The highest BCUT2D eigenvalue weighted by Crippen LogP contribution is 2.36. The second kappa shape index (κ2) is 7.30. The van der Waals surface area contributed by atoms with Crippen molar-refractivity contribution in [1.29, 1.82) is 0 Å². The Hall–Kier alpha value is -2.82. The van der Waals surface area contributed by atoms with E-state index in [4.69, 9.17) is 4.42 Å². The molecule has 0 spiro atoms. The maximum absolute atomic E-state index is 13.3. The summed E-state index contributed by atoms with van der Waals surface area (Å²) in [5, 5.41) is 0.742. The quantitative estimate of drug-likeness (QED) is 0.706. The molecular weight excluding hydrogens is 352 g/mol. The zero-order valence-corrected chi connectivity index (χ0v) is 17.4. The van der Waals surface area contributed by atoms with E-state index in [0.717, 1.165) is 10.9 Å². The molecule has 148 valence electrons. The van der Waals surface area contributed by atoms with Crippen LogP contribution in [0.4, 0.5) is 0 Å². The van der Waals surface area contributed by atoms with Gasteiger partial charge in [0.25, 0.3) is 11.5 Å². The third kappa shape index (κ3) is 3.75. The molecule has 3 rings (SSSR count). The van der Waals surface area contributed by atoms with Crippen molar-refractivity contribution < 1.29 is 9.21 Å². The molecular formula is C23H28N2O3. The molecule has 1 aromatic carbocycles. The fourth-order valence-corrected chi connectivity index (χ4v) is 3.48. The smallest absolute Gasteiger partial charge is 0.257 e. The van der Waals surface area contributed by atoms with Crippen molar-refractivity contribution in [2.45, 2.75) is 40.0 Å². The van der Waals surface area contributed by atoms with E-state index in [1.165, 1.54) is 0 Å². The molecule has 5 nitrogen and oxygen atoms in total. The number of benzene rings is 1. The fourth-order valence-electron chi connectivity index (χ4n) is 3.48. The highest BCUT2D eigenvalue weighted by Gasteiger charge is 2.31. The molecule has 3 aromatic rings. The van der Waals surface area contributed by atoms with Crippen LogP contribution in [0.1, 0.15) is 50.7 Å². The van der Waals surface area contributed by atoms with Crippen molar-refractivity contribution in [3.8, 4) is 11.1 Å². The predicted octanol–water partition coefficient (Wildman–Crippen LogP) is 4.81. The van der Waals surface area contributed by atoms with Crippen LogP contribution in [-0.4, -0.2) is 29.4 Å². The lowest BCUT2D eigenvalue weighted by Gasteiger charge is -2.22. The lowest BCUT2D eigenvalue weighted by atomic mass is 9.89. The number of nitrogens with one attached hydrogen (secondary N) is 1. The average molecular weight is 380 g/mol. The Morgan fingerprint density at radius 1 is 1.21 bits per heavy atom. The van der Waals surface area contributed by atoms with Crippen LogP contribution in [-0.2, 0) is 5.41 Å². The minimum absolute atomic E-state index is 0.0588. The molecule has 0 fully saturated rings. The van der Waals surface area contributed by atoms with E-state index in [1.54, 1.807) is 23.2 Å². The number of pyridine rings is 1. The van der Waals surface area contributed by atoms with Gasteiger partial charge in [-0.1, -0.05) is 40.7 Å². The maximum Gasteiger partial charge on any atom is 0.257 e. The van der Waals surface area contributed by atoms with Crippen molar-refractivity contribution in [3.63, 3.8) is 0 Å². The Morgan fingerprint density at radius 2 is 1.93 bits per heavy atom. The van der Waals surface area contributed by atoms with Gasteiger partial charge in [-0.25, -0.2) is 0 Å². The molecule has 0 aliphatic carbocycles. The number of furan rings is 1. The Labute approximate surface area is 165 Å². The molecule has 2 aromatic heterocycles. The van der Waals surface area contributed by atoms with Gasteiger partial charge in [0.2, 0.25) is 0 Å². The van der Waals surface area contributed by atoms with Gasteiger partial charge < -0.3 is 14.3 Å². The summed E-state index contributed by atoms with van der Waals surface area (Å²) in [5.41, 5.74) is 2.08. The van der Waals surface area contributed by atoms with E-state index < -0.39 is 0 Å². The summed E-state index contributed by atoms with van der Waals surface area (Å²) in [5.74, 6) is 0.974. The van der Waals surface area contributed by atoms with E-state index in [-0.39, 0.29) is 16.9 Å². The highest BCUT2D eigenvalue weighted by atomic mass is 16.3. The minimum Gasteiger partial charge on any atom is -0.460 e. The van der Waals surface area contributed by atoms with Crippen molar-refractivity contribution in [2.24, 2.45) is 5.92 Å². The number of aromatic amines is 1. The standard InChI is InChI=1S/C23H28N2O3/c1-14(2)13-25(6)22(27)19-17-12-15(16-8-7-11-24-21(16)26)9-10-18(17)28-20(19)23(3,4)5/h7-12,14H,13H2,1-6H3,(H,24,26). The summed E-state index contributed by atoms with van der Waals surface area (Å²) in [7, 11) is 1.82. The number of hydrogen-bond donors (Lipinski definition) is 1. The Balaban J connectivity index is 2.23. The van der Waals surface area contributed by atoms with Crippen molar-refractivity contribution in [2.75, 3.05) is 13.6 Å². The van der Waals surface area contributed by atoms with Crippen LogP contribution in [0.25, 0.3) is 22.1 Å². The van der Waals surface area contributed by atoms with Gasteiger partial charge in [-0.05, 0) is 35.7 Å². The number of H-pyrrole nitrogens is 1. The van der Waals surface area contributed by atoms with Gasteiger partial charge in [0, 0.05) is 36.2 Å². The summed E-state index contributed by atoms with van der Waals surface area (Å²) < 4.78 is 6.13. The van der Waals surface area contributed by atoms with E-state index in [1.807, 2.05) is 46.0 Å². The third-order valence-electron chi connectivity index (χ3n) is 4.70. The van der Waals surface area contributed by atoms with E-state index in [0.29, 0.717) is 34.9 Å². The Morgan fingerprint density at radius 3 is 2.54 bits per heavy atom. The van der Waals surface area contributed by atoms with E-state index in [9.17, 15) is 9.59 Å². The first kappa shape index (κ1) is 19.9. The average Bonchev–Trinajstić information content (AvgIpc) is 2.99. The maximum atomic E-state index is 13.3. The molecule has 2 heterocycles. The SMILES string of the molecule is CC(C)CN(C)C(=O)c1c(C(C)(C)C)oc2ccc(-c3ccc[nH]c3=O)cc12. The van der Waals surface area contributed by atoms with E-state index in [2.05, 4.69) is 18.8 Å². The Kier molecular flexibility index (Phi) is 5.20. The lowest BCUT2D eigenvalue weighted by Crippen LogP contribution is -2.31. The monoisotopic (exact) mass is 380 g/mol. The van der Waals surface area contributed by atoms with Crippen LogP contribution in [0.5, 0.6) is 0 Å². The normalized spacial score (nSPS) is 12.0.